The van der Waals surface area contributed by atoms with Gasteiger partial charge >= 0.3 is 0 Å². The highest BCUT2D eigenvalue weighted by atomic mass is 32.1. The molecule has 0 aromatic rings. The standard InChI is InChI=1S/C43H86N2S2/c1-5-7-9-11-13-15-17-19-21-23-25-27-29-31-33-35-37-40(3)42(46)44-39-45-43(47)41(4)38-36-34-32-30-28-26-24-22-20-18-16-14-12-10-8-6-2/h40-41H,5-39H2,1-4H3,(H,44,46)(H,45,47). The Balaban J connectivity index is 3.48. The summed E-state index contributed by atoms with van der Waals surface area (Å²) >= 11 is 11.4. The molecule has 2 nitrogen and oxygen atoms in total. The van der Waals surface area contributed by atoms with Crippen LogP contribution in [0.1, 0.15) is 246 Å². The number of rotatable bonds is 38. The van der Waals surface area contributed by atoms with Crippen molar-refractivity contribution in [1.29, 1.82) is 0 Å². The Hall–Kier alpha value is -0.220. The molecule has 0 bridgehead atoms. The van der Waals surface area contributed by atoms with E-state index < -0.39 is 0 Å². The van der Waals surface area contributed by atoms with Crippen LogP contribution in [0.25, 0.3) is 0 Å². The van der Waals surface area contributed by atoms with Gasteiger partial charge in [-0.15, -0.1) is 0 Å². The molecule has 0 saturated carbocycles. The van der Waals surface area contributed by atoms with Crippen LogP contribution in [0.5, 0.6) is 0 Å². The van der Waals surface area contributed by atoms with Crippen LogP contribution in [0.2, 0.25) is 0 Å². The Morgan fingerprint density at radius 3 is 0.745 bits per heavy atom. The summed E-state index contributed by atoms with van der Waals surface area (Å²) in [4.78, 5) is 1.98. The van der Waals surface area contributed by atoms with Gasteiger partial charge in [0.1, 0.15) is 0 Å². The third-order valence-corrected chi connectivity index (χ3v) is 11.5. The Morgan fingerprint density at radius 1 is 0.340 bits per heavy atom. The van der Waals surface area contributed by atoms with Gasteiger partial charge in [-0.1, -0.05) is 258 Å². The van der Waals surface area contributed by atoms with Gasteiger partial charge in [-0.05, 0) is 12.8 Å². The Labute approximate surface area is 308 Å². The van der Waals surface area contributed by atoms with Gasteiger partial charge in [-0.2, -0.15) is 0 Å². The van der Waals surface area contributed by atoms with Crippen LogP contribution in [0.15, 0.2) is 0 Å². The van der Waals surface area contributed by atoms with E-state index in [0.717, 1.165) is 9.98 Å². The normalized spacial score (nSPS) is 12.7. The van der Waals surface area contributed by atoms with Gasteiger partial charge in [-0.25, -0.2) is 0 Å². The minimum Gasteiger partial charge on any atom is -0.362 e. The highest BCUT2D eigenvalue weighted by molar-refractivity contribution is 7.80. The van der Waals surface area contributed by atoms with E-state index in [2.05, 4.69) is 38.3 Å². The summed E-state index contributed by atoms with van der Waals surface area (Å²) in [7, 11) is 0. The second kappa shape index (κ2) is 38.6. The molecule has 0 aliphatic rings. The molecular weight excluding hydrogens is 609 g/mol. The van der Waals surface area contributed by atoms with Crippen molar-refractivity contribution in [2.45, 2.75) is 246 Å². The van der Waals surface area contributed by atoms with Crippen molar-refractivity contribution < 1.29 is 0 Å². The van der Waals surface area contributed by atoms with Crippen molar-refractivity contribution in [3.63, 3.8) is 0 Å². The molecule has 47 heavy (non-hydrogen) atoms. The molecule has 0 aromatic heterocycles. The van der Waals surface area contributed by atoms with Gasteiger partial charge < -0.3 is 10.6 Å². The van der Waals surface area contributed by atoms with E-state index in [4.69, 9.17) is 24.4 Å². The first kappa shape index (κ1) is 46.8. The number of nitrogens with one attached hydrogen (secondary N) is 2. The largest absolute Gasteiger partial charge is 0.362 e. The highest BCUT2D eigenvalue weighted by Crippen LogP contribution is 2.17. The van der Waals surface area contributed by atoms with Crippen molar-refractivity contribution in [2.75, 3.05) is 6.67 Å². The van der Waals surface area contributed by atoms with E-state index in [1.54, 1.807) is 0 Å². The van der Waals surface area contributed by atoms with E-state index in [1.807, 2.05) is 0 Å². The lowest BCUT2D eigenvalue weighted by Gasteiger charge is -2.18. The van der Waals surface area contributed by atoms with E-state index in [-0.39, 0.29) is 0 Å². The van der Waals surface area contributed by atoms with Crippen LogP contribution in [0.4, 0.5) is 0 Å². The van der Waals surface area contributed by atoms with E-state index >= 15 is 0 Å². The molecule has 2 unspecified atom stereocenters. The van der Waals surface area contributed by atoms with Crippen LogP contribution in [0, 0.1) is 11.8 Å². The molecule has 0 fully saturated rings. The summed E-state index contributed by atoms with van der Waals surface area (Å²) in [5.74, 6) is 0.907. The summed E-state index contributed by atoms with van der Waals surface area (Å²) in [6.07, 6.45) is 47.9. The number of unbranched alkanes of at least 4 members (excludes halogenated alkanes) is 30. The van der Waals surface area contributed by atoms with Crippen LogP contribution in [-0.4, -0.2) is 16.6 Å². The second-order valence-electron chi connectivity index (χ2n) is 15.2. The molecule has 0 aliphatic heterocycles. The fourth-order valence-corrected chi connectivity index (χ4v) is 7.21. The molecule has 2 atom stereocenters. The summed E-state index contributed by atoms with van der Waals surface area (Å²) < 4.78 is 0. The first-order chi connectivity index (χ1) is 23.0. The van der Waals surface area contributed by atoms with Gasteiger partial charge in [0, 0.05) is 11.8 Å². The predicted octanol–water partition coefficient (Wildman–Crippen LogP) is 15.4. The van der Waals surface area contributed by atoms with Crippen molar-refractivity contribution in [2.24, 2.45) is 11.8 Å². The molecule has 0 saturated heterocycles. The molecule has 4 heteroatoms. The molecule has 0 radical (unpaired) electrons. The molecule has 280 valence electrons. The molecule has 0 rings (SSSR count). The van der Waals surface area contributed by atoms with Crippen molar-refractivity contribution in [1.82, 2.24) is 10.6 Å². The average Bonchev–Trinajstić information content (AvgIpc) is 3.07. The lowest BCUT2D eigenvalue weighted by Crippen LogP contribution is -2.39. The van der Waals surface area contributed by atoms with Crippen molar-refractivity contribution in [3.05, 3.63) is 0 Å². The maximum absolute atomic E-state index is 5.69. The van der Waals surface area contributed by atoms with Gasteiger partial charge in [0.05, 0.1) is 16.6 Å². The van der Waals surface area contributed by atoms with Crippen LogP contribution in [0.3, 0.4) is 0 Å². The molecule has 0 amide bonds. The van der Waals surface area contributed by atoms with Crippen LogP contribution in [-0.2, 0) is 0 Å². The summed E-state index contributed by atoms with van der Waals surface area (Å²) in [6, 6.07) is 0. The molecule has 0 aromatic carbocycles. The quantitative estimate of drug-likeness (QED) is 0.0382. The minimum atomic E-state index is 0.453. The summed E-state index contributed by atoms with van der Waals surface area (Å²) in [5.41, 5.74) is 0. The lowest BCUT2D eigenvalue weighted by atomic mass is 10.0. The highest BCUT2D eigenvalue weighted by Gasteiger charge is 2.11. The van der Waals surface area contributed by atoms with Crippen LogP contribution >= 0.6 is 24.4 Å². The summed E-state index contributed by atoms with van der Waals surface area (Å²) in [5, 5.41) is 6.86. The Morgan fingerprint density at radius 2 is 0.532 bits per heavy atom. The zero-order chi connectivity index (χ0) is 34.5. The molecule has 0 heterocycles. The Kier molecular flexibility index (Phi) is 38.4. The minimum absolute atomic E-state index is 0.453. The molecule has 0 spiro atoms. The zero-order valence-electron chi connectivity index (χ0n) is 32.7. The van der Waals surface area contributed by atoms with Crippen molar-refractivity contribution >= 4 is 34.4 Å². The zero-order valence-corrected chi connectivity index (χ0v) is 34.4. The first-order valence-electron chi connectivity index (χ1n) is 21.6. The number of hydrogen-bond donors (Lipinski definition) is 2. The topological polar surface area (TPSA) is 24.1 Å². The number of thiocarbonyl (C=S) groups is 2. The van der Waals surface area contributed by atoms with Gasteiger partial charge in [0.15, 0.2) is 0 Å². The van der Waals surface area contributed by atoms with Gasteiger partial charge in [0.25, 0.3) is 0 Å². The fraction of sp³-hybridized carbons (Fsp3) is 0.953. The second-order valence-corrected chi connectivity index (χ2v) is 16.1. The average molecular weight is 695 g/mol. The SMILES string of the molecule is CCCCCCCCCCCCCCCCCCC(C)C(=S)NCNC(=S)C(C)CCCCCCCCCCCCCCCCCC. The first-order valence-corrected chi connectivity index (χ1v) is 22.4. The van der Waals surface area contributed by atoms with Gasteiger partial charge in [-0.3, -0.25) is 0 Å². The Bertz CT molecular complexity index is 598. The third kappa shape index (κ3) is 35.4. The smallest absolute Gasteiger partial charge is 0.0858 e. The number of hydrogen-bond acceptors (Lipinski definition) is 2. The predicted molar refractivity (Wildman–Crippen MR) is 223 cm³/mol. The van der Waals surface area contributed by atoms with Gasteiger partial charge in [0.2, 0.25) is 0 Å². The monoisotopic (exact) mass is 695 g/mol. The van der Waals surface area contributed by atoms with E-state index in [0.29, 0.717) is 18.5 Å². The van der Waals surface area contributed by atoms with E-state index in [9.17, 15) is 0 Å². The molecule has 0 aliphatic carbocycles. The molecular formula is C43H86N2S2. The maximum atomic E-state index is 5.69. The summed E-state index contributed by atoms with van der Waals surface area (Å²) in [6.45, 7) is 9.82. The molecule has 2 N–H and O–H groups in total. The van der Waals surface area contributed by atoms with E-state index in [1.165, 1.54) is 218 Å². The van der Waals surface area contributed by atoms with Crippen LogP contribution < -0.4 is 10.6 Å². The maximum Gasteiger partial charge on any atom is 0.0858 e. The van der Waals surface area contributed by atoms with Crippen molar-refractivity contribution in [3.8, 4) is 0 Å². The third-order valence-electron chi connectivity index (χ3n) is 10.4. The fourth-order valence-electron chi connectivity index (χ4n) is 6.83. The lowest BCUT2D eigenvalue weighted by molar-refractivity contribution is 0.518.